The standard InChI is InChI=1S/C48H64O7/c1-34(18-13-20-36(3)23-25-42-38(5)30-40(32-47(42,7)8)54-45(52)22-15-29-49)16-11-12-17-35(2)19-14-21-37(4)24-26-43-39(6)31-41(33-48(43,9)10)55-46(53)28-27-44(50)51/h11-14,16-21,23-26,29,40-41H,15,22,27-28,30-33H2,1-10H3,(H,50,51)/b12-11+,18-13+,19-14+,25-23+,26-24+,34-16+,35-17+,36-20+,37-21+. The Labute approximate surface area is 330 Å². The van der Waals surface area contributed by atoms with Crippen LogP contribution >= 0.6 is 0 Å². The number of hydrogen-bond donors (Lipinski definition) is 1. The minimum absolute atomic E-state index is 0.103. The van der Waals surface area contributed by atoms with Crippen LogP contribution in [-0.4, -0.2) is 41.5 Å². The van der Waals surface area contributed by atoms with Gasteiger partial charge in [0.05, 0.1) is 19.3 Å². The van der Waals surface area contributed by atoms with E-state index in [1.54, 1.807) is 0 Å². The molecule has 55 heavy (non-hydrogen) atoms. The highest BCUT2D eigenvalue weighted by molar-refractivity contribution is 5.76. The Morgan fingerprint density at radius 2 is 1.00 bits per heavy atom. The lowest BCUT2D eigenvalue weighted by molar-refractivity contribution is -0.153. The van der Waals surface area contributed by atoms with Gasteiger partial charge < -0.3 is 19.4 Å². The smallest absolute Gasteiger partial charge is 0.306 e. The summed E-state index contributed by atoms with van der Waals surface area (Å²) in [5, 5.41) is 8.83. The van der Waals surface area contributed by atoms with Crippen LogP contribution in [0.5, 0.6) is 0 Å². The average Bonchev–Trinajstić information content (AvgIpc) is 3.06. The van der Waals surface area contributed by atoms with Gasteiger partial charge in [-0.1, -0.05) is 146 Å². The number of esters is 2. The third kappa shape index (κ3) is 17.5. The molecule has 2 aliphatic carbocycles. The van der Waals surface area contributed by atoms with Crippen molar-refractivity contribution in [3.05, 3.63) is 130 Å². The second kappa shape index (κ2) is 22.6. The molecule has 0 aromatic rings. The van der Waals surface area contributed by atoms with Crippen molar-refractivity contribution in [3.63, 3.8) is 0 Å². The van der Waals surface area contributed by atoms with E-state index in [2.05, 4.69) is 136 Å². The summed E-state index contributed by atoms with van der Waals surface area (Å²) in [6, 6.07) is 0. The number of carboxylic acid groups (broad SMARTS) is 1. The first kappa shape index (κ1) is 46.4. The van der Waals surface area contributed by atoms with Crippen molar-refractivity contribution < 1.29 is 33.8 Å². The molecular formula is C48H64O7. The largest absolute Gasteiger partial charge is 0.481 e. The zero-order chi connectivity index (χ0) is 41.2. The Bertz CT molecular complexity index is 1740. The monoisotopic (exact) mass is 752 g/mol. The quantitative estimate of drug-likeness (QED) is 0.0843. The van der Waals surface area contributed by atoms with Crippen molar-refractivity contribution in [1.29, 1.82) is 0 Å². The first-order valence-electron chi connectivity index (χ1n) is 19.4. The van der Waals surface area contributed by atoms with Crippen LogP contribution in [0.1, 0.15) is 121 Å². The maximum absolute atomic E-state index is 12.1. The highest BCUT2D eigenvalue weighted by atomic mass is 16.5. The molecule has 0 heterocycles. The van der Waals surface area contributed by atoms with Gasteiger partial charge in [-0.25, -0.2) is 0 Å². The molecule has 2 aliphatic rings. The Hall–Kier alpha value is -4.78. The van der Waals surface area contributed by atoms with E-state index in [-0.39, 0.29) is 54.7 Å². The minimum Gasteiger partial charge on any atom is -0.481 e. The molecule has 0 spiro atoms. The van der Waals surface area contributed by atoms with Crippen LogP contribution < -0.4 is 0 Å². The Kier molecular flexibility index (Phi) is 19.0. The van der Waals surface area contributed by atoms with E-state index in [9.17, 15) is 19.2 Å². The average molecular weight is 753 g/mol. The van der Waals surface area contributed by atoms with Gasteiger partial charge in [0.25, 0.3) is 0 Å². The zero-order valence-corrected chi connectivity index (χ0v) is 34.9. The van der Waals surface area contributed by atoms with E-state index in [1.165, 1.54) is 22.3 Å². The fourth-order valence-electron chi connectivity index (χ4n) is 7.11. The van der Waals surface area contributed by atoms with E-state index in [0.29, 0.717) is 19.3 Å². The molecule has 0 aliphatic heterocycles. The number of ether oxygens (including phenoxy) is 2. The number of aldehydes is 1. The maximum atomic E-state index is 12.1. The van der Waals surface area contributed by atoms with Crippen molar-refractivity contribution >= 4 is 24.2 Å². The van der Waals surface area contributed by atoms with Gasteiger partial charge in [0.2, 0.25) is 0 Å². The second-order valence-electron chi connectivity index (χ2n) is 16.2. The number of rotatable bonds is 18. The Balaban J connectivity index is 1.91. The Morgan fingerprint density at radius 3 is 1.38 bits per heavy atom. The van der Waals surface area contributed by atoms with Crippen molar-refractivity contribution in [2.24, 2.45) is 10.8 Å². The summed E-state index contributed by atoms with van der Waals surface area (Å²) in [5.41, 5.74) is 9.13. The van der Waals surface area contributed by atoms with E-state index < -0.39 is 11.9 Å². The summed E-state index contributed by atoms with van der Waals surface area (Å²) < 4.78 is 11.2. The molecule has 0 saturated carbocycles. The number of carbonyl (C=O) groups is 4. The number of aliphatic carboxylic acids is 1. The first-order chi connectivity index (χ1) is 25.8. The van der Waals surface area contributed by atoms with Crippen LogP contribution in [-0.2, 0) is 28.7 Å². The molecule has 2 atom stereocenters. The molecule has 0 aromatic carbocycles. The Morgan fingerprint density at radius 1 is 0.618 bits per heavy atom. The van der Waals surface area contributed by atoms with E-state index in [0.717, 1.165) is 35.0 Å². The third-order valence-electron chi connectivity index (χ3n) is 9.82. The summed E-state index contributed by atoms with van der Waals surface area (Å²) in [5.74, 6) is -1.76. The fourth-order valence-corrected chi connectivity index (χ4v) is 7.11. The molecule has 0 saturated heterocycles. The van der Waals surface area contributed by atoms with Crippen LogP contribution in [0.4, 0.5) is 0 Å². The lowest BCUT2D eigenvalue weighted by atomic mass is 9.71. The highest BCUT2D eigenvalue weighted by Gasteiger charge is 2.35. The van der Waals surface area contributed by atoms with Crippen LogP contribution in [0, 0.1) is 10.8 Å². The fraction of sp³-hybridized carbons (Fsp3) is 0.458. The molecule has 0 amide bonds. The van der Waals surface area contributed by atoms with E-state index in [4.69, 9.17) is 14.6 Å². The zero-order valence-electron chi connectivity index (χ0n) is 34.9. The molecule has 2 unspecified atom stereocenters. The molecule has 298 valence electrons. The maximum Gasteiger partial charge on any atom is 0.306 e. The van der Waals surface area contributed by atoms with Gasteiger partial charge in [0, 0.05) is 19.3 Å². The van der Waals surface area contributed by atoms with Crippen molar-refractivity contribution in [1.82, 2.24) is 0 Å². The molecule has 1 N–H and O–H groups in total. The summed E-state index contributed by atoms with van der Waals surface area (Å²) in [4.78, 5) is 45.5. The van der Waals surface area contributed by atoms with Crippen molar-refractivity contribution in [2.75, 3.05) is 0 Å². The van der Waals surface area contributed by atoms with Crippen LogP contribution in [0.15, 0.2) is 130 Å². The van der Waals surface area contributed by atoms with Gasteiger partial charge >= 0.3 is 17.9 Å². The van der Waals surface area contributed by atoms with Crippen LogP contribution in [0.3, 0.4) is 0 Å². The van der Waals surface area contributed by atoms with Crippen LogP contribution in [0.2, 0.25) is 0 Å². The minimum atomic E-state index is -0.999. The van der Waals surface area contributed by atoms with Gasteiger partial charge in [-0.2, -0.15) is 0 Å². The summed E-state index contributed by atoms with van der Waals surface area (Å²) in [6.45, 7) is 21.1. The number of carboxylic acids is 1. The molecule has 0 aromatic heterocycles. The predicted octanol–water partition coefficient (Wildman–Crippen LogP) is 11.5. The van der Waals surface area contributed by atoms with E-state index >= 15 is 0 Å². The molecular weight excluding hydrogens is 689 g/mol. The normalized spacial score (nSPS) is 21.5. The van der Waals surface area contributed by atoms with Crippen molar-refractivity contribution in [2.45, 2.75) is 133 Å². The van der Waals surface area contributed by atoms with Gasteiger partial charge in [-0.05, 0) is 76.4 Å². The number of allylic oxidation sites excluding steroid dienone is 20. The van der Waals surface area contributed by atoms with Gasteiger partial charge in [0.15, 0.2) is 0 Å². The van der Waals surface area contributed by atoms with Gasteiger partial charge in [-0.3, -0.25) is 14.4 Å². The first-order valence-corrected chi connectivity index (χ1v) is 19.4. The molecule has 2 rings (SSSR count). The molecule has 0 bridgehead atoms. The number of hydrogen-bond acceptors (Lipinski definition) is 6. The summed E-state index contributed by atoms with van der Waals surface area (Å²) in [6.07, 6.45) is 32.4. The lowest BCUT2D eigenvalue weighted by Crippen LogP contribution is -2.32. The number of carbonyl (C=O) groups excluding carboxylic acids is 3. The molecule has 0 radical (unpaired) electrons. The molecule has 7 heteroatoms. The molecule has 0 fully saturated rings. The van der Waals surface area contributed by atoms with E-state index in [1.807, 2.05) is 18.2 Å². The van der Waals surface area contributed by atoms with Gasteiger partial charge in [-0.15, -0.1) is 0 Å². The summed E-state index contributed by atoms with van der Waals surface area (Å²) >= 11 is 0. The second-order valence-corrected chi connectivity index (χ2v) is 16.2. The van der Waals surface area contributed by atoms with Crippen LogP contribution in [0.25, 0.3) is 0 Å². The third-order valence-corrected chi connectivity index (χ3v) is 9.82. The SMILES string of the molecule is CC1=C(/C=C/C(C)=C/C=C/C(C)=C/C=C/C=C(C)/C=C/C=C(C)/C=C/C2=C(C)CC(OC(=O)CCC(=O)O)CC2(C)C)C(C)(C)CC(OC(=O)CCC=O)C1. The topological polar surface area (TPSA) is 107 Å². The van der Waals surface area contributed by atoms with Crippen molar-refractivity contribution in [3.8, 4) is 0 Å². The highest BCUT2D eigenvalue weighted by Crippen LogP contribution is 2.43. The lowest BCUT2D eigenvalue weighted by Gasteiger charge is -2.37. The van der Waals surface area contributed by atoms with Gasteiger partial charge in [0.1, 0.15) is 18.5 Å². The predicted molar refractivity (Wildman–Crippen MR) is 224 cm³/mol. The molecule has 7 nitrogen and oxygen atoms in total. The summed E-state index contributed by atoms with van der Waals surface area (Å²) in [7, 11) is 0.